The van der Waals surface area contributed by atoms with Crippen LogP contribution in [0.5, 0.6) is 11.5 Å². The normalized spacial score (nSPS) is 10.9. The number of aryl methyl sites for hydroxylation is 1. The van der Waals surface area contributed by atoms with E-state index in [0.717, 1.165) is 36.8 Å². The molecule has 0 spiro atoms. The molecule has 0 N–H and O–H groups in total. The smallest absolute Gasteiger partial charge is 0.346 e. The predicted molar refractivity (Wildman–Crippen MR) is 155 cm³/mol. The van der Waals surface area contributed by atoms with E-state index in [1.54, 1.807) is 30.3 Å². The molecule has 5 nitrogen and oxygen atoms in total. The molecule has 3 rings (SSSR count). The molecule has 39 heavy (non-hydrogen) atoms. The van der Waals surface area contributed by atoms with E-state index in [0.29, 0.717) is 23.9 Å². The minimum Gasteiger partial charge on any atom is -0.493 e. The Kier molecular flexibility index (Phi) is 13.5. The summed E-state index contributed by atoms with van der Waals surface area (Å²) in [6.45, 7) is 4.96. The number of aromatic nitrogens is 2. The van der Waals surface area contributed by atoms with Crippen molar-refractivity contribution >= 4 is 5.97 Å². The lowest BCUT2D eigenvalue weighted by Crippen LogP contribution is -2.11. The molecule has 210 valence electrons. The summed E-state index contributed by atoms with van der Waals surface area (Å²) in [5.41, 5.74) is 1.82. The molecule has 0 saturated heterocycles. The Hall–Kier alpha value is -3.28. The first-order valence-electron chi connectivity index (χ1n) is 14.7. The fraction of sp³-hybridized carbons (Fsp3) is 0.485. The van der Waals surface area contributed by atoms with Gasteiger partial charge < -0.3 is 9.47 Å². The highest BCUT2D eigenvalue weighted by Crippen LogP contribution is 2.23. The number of carbonyl (C=O) groups is 1. The summed E-state index contributed by atoms with van der Waals surface area (Å²) in [6.07, 6.45) is 19.2. The topological polar surface area (TPSA) is 61.3 Å². The molecule has 0 aliphatic heterocycles. The van der Waals surface area contributed by atoms with E-state index >= 15 is 0 Å². The molecular formula is C33H43FN2O3. The second kappa shape index (κ2) is 17.3. The van der Waals surface area contributed by atoms with E-state index in [9.17, 15) is 9.18 Å². The molecule has 0 aliphatic rings. The number of nitrogens with zero attached hydrogens (tertiary/aromatic N) is 2. The molecule has 0 atom stereocenters. The summed E-state index contributed by atoms with van der Waals surface area (Å²) in [7, 11) is 0. The Morgan fingerprint density at radius 2 is 1.33 bits per heavy atom. The van der Waals surface area contributed by atoms with Crippen LogP contribution in [0.1, 0.15) is 107 Å². The van der Waals surface area contributed by atoms with Crippen molar-refractivity contribution in [2.75, 3.05) is 6.61 Å². The Morgan fingerprint density at radius 1 is 0.744 bits per heavy atom. The van der Waals surface area contributed by atoms with Gasteiger partial charge in [0.1, 0.15) is 17.3 Å². The van der Waals surface area contributed by atoms with Crippen LogP contribution in [0.2, 0.25) is 0 Å². The largest absolute Gasteiger partial charge is 0.493 e. The van der Waals surface area contributed by atoms with Crippen LogP contribution in [0.4, 0.5) is 4.39 Å². The number of benzene rings is 2. The van der Waals surface area contributed by atoms with Crippen LogP contribution in [0, 0.1) is 5.82 Å². The van der Waals surface area contributed by atoms with E-state index in [1.807, 2.05) is 12.4 Å². The maximum atomic E-state index is 14.6. The Morgan fingerprint density at radius 3 is 1.97 bits per heavy atom. The minimum atomic E-state index is -0.751. The zero-order valence-electron chi connectivity index (χ0n) is 23.6. The fourth-order valence-electron chi connectivity index (χ4n) is 4.40. The fourth-order valence-corrected chi connectivity index (χ4v) is 4.40. The van der Waals surface area contributed by atoms with Gasteiger partial charge in [0.25, 0.3) is 0 Å². The molecule has 0 unspecified atom stereocenters. The summed E-state index contributed by atoms with van der Waals surface area (Å²) in [6, 6.07) is 11.2. The number of ether oxygens (including phenoxy) is 2. The Bertz CT molecular complexity index is 1120. The summed E-state index contributed by atoms with van der Waals surface area (Å²) < 4.78 is 25.7. The molecule has 6 heteroatoms. The van der Waals surface area contributed by atoms with Gasteiger partial charge in [-0.3, -0.25) is 0 Å². The van der Waals surface area contributed by atoms with Crippen LogP contribution in [-0.4, -0.2) is 22.5 Å². The molecule has 1 heterocycles. The van der Waals surface area contributed by atoms with Gasteiger partial charge in [0.05, 0.1) is 12.2 Å². The lowest BCUT2D eigenvalue weighted by molar-refractivity contribution is 0.0730. The van der Waals surface area contributed by atoms with Crippen LogP contribution >= 0.6 is 0 Å². The number of hydrogen-bond acceptors (Lipinski definition) is 5. The van der Waals surface area contributed by atoms with Crippen LogP contribution in [0.15, 0.2) is 54.9 Å². The van der Waals surface area contributed by atoms with Gasteiger partial charge >= 0.3 is 5.97 Å². The van der Waals surface area contributed by atoms with E-state index in [1.165, 1.54) is 69.9 Å². The van der Waals surface area contributed by atoms with Gasteiger partial charge in [0.15, 0.2) is 5.82 Å². The lowest BCUT2D eigenvalue weighted by atomic mass is 10.1. The standard InChI is InChI=1S/C33H43FN2O3/c1-3-5-7-9-10-12-14-22-38-29-20-21-30(31(34)23-29)33(37)39-28-18-16-27(17-19-28)32-35-24-26(25-36-32)15-13-11-8-6-4-2/h16-21,23-25H,3-15,22H2,1-2H3. The van der Waals surface area contributed by atoms with Crippen molar-refractivity contribution in [1.29, 1.82) is 0 Å². The molecule has 0 amide bonds. The first-order valence-corrected chi connectivity index (χ1v) is 14.7. The lowest BCUT2D eigenvalue weighted by Gasteiger charge is -2.09. The summed E-state index contributed by atoms with van der Waals surface area (Å²) in [4.78, 5) is 21.5. The van der Waals surface area contributed by atoms with E-state index < -0.39 is 11.8 Å². The van der Waals surface area contributed by atoms with Crippen molar-refractivity contribution in [3.05, 3.63) is 71.8 Å². The van der Waals surface area contributed by atoms with Gasteiger partial charge in [-0.1, -0.05) is 78.1 Å². The average Bonchev–Trinajstić information content (AvgIpc) is 2.95. The Labute approximate surface area is 233 Å². The molecule has 0 bridgehead atoms. The Balaban J connectivity index is 1.44. The monoisotopic (exact) mass is 534 g/mol. The molecule has 2 aromatic carbocycles. The maximum Gasteiger partial charge on any atom is 0.346 e. The number of esters is 1. The third kappa shape index (κ3) is 10.8. The summed E-state index contributed by atoms with van der Waals surface area (Å²) in [5.74, 6) is -0.0558. The van der Waals surface area contributed by atoms with Gasteiger partial charge in [-0.05, 0) is 61.2 Å². The highest BCUT2D eigenvalue weighted by Gasteiger charge is 2.15. The summed E-state index contributed by atoms with van der Waals surface area (Å²) >= 11 is 0. The van der Waals surface area contributed by atoms with Crippen LogP contribution in [0.25, 0.3) is 11.4 Å². The predicted octanol–water partition coefficient (Wildman–Crippen LogP) is 9.14. The van der Waals surface area contributed by atoms with Gasteiger partial charge in [-0.2, -0.15) is 0 Å². The van der Waals surface area contributed by atoms with Crippen molar-refractivity contribution in [2.45, 2.75) is 97.3 Å². The summed E-state index contributed by atoms with van der Waals surface area (Å²) in [5, 5.41) is 0. The maximum absolute atomic E-state index is 14.6. The number of rotatable bonds is 18. The van der Waals surface area contributed by atoms with Crippen molar-refractivity contribution in [1.82, 2.24) is 9.97 Å². The average molecular weight is 535 g/mol. The zero-order valence-corrected chi connectivity index (χ0v) is 23.6. The molecule has 0 radical (unpaired) electrons. The third-order valence-electron chi connectivity index (χ3n) is 6.77. The molecule has 0 saturated carbocycles. The number of unbranched alkanes of at least 4 members (excludes halogenated alkanes) is 10. The number of hydrogen-bond donors (Lipinski definition) is 0. The van der Waals surface area contributed by atoms with Crippen molar-refractivity contribution in [2.24, 2.45) is 0 Å². The highest BCUT2D eigenvalue weighted by atomic mass is 19.1. The highest BCUT2D eigenvalue weighted by molar-refractivity contribution is 5.91. The van der Waals surface area contributed by atoms with Crippen molar-refractivity contribution in [3.8, 4) is 22.9 Å². The molecule has 3 aromatic rings. The van der Waals surface area contributed by atoms with Crippen molar-refractivity contribution < 1.29 is 18.7 Å². The van der Waals surface area contributed by atoms with Gasteiger partial charge in [-0.25, -0.2) is 19.2 Å². The quantitative estimate of drug-likeness (QED) is 0.0925. The molecule has 1 aromatic heterocycles. The molecule has 0 aliphatic carbocycles. The second-order valence-electron chi connectivity index (χ2n) is 10.1. The van der Waals surface area contributed by atoms with Gasteiger partial charge in [0, 0.05) is 24.0 Å². The first kappa shape index (κ1) is 30.3. The van der Waals surface area contributed by atoms with E-state index in [2.05, 4.69) is 23.8 Å². The van der Waals surface area contributed by atoms with Crippen LogP contribution in [0.3, 0.4) is 0 Å². The van der Waals surface area contributed by atoms with Gasteiger partial charge in [0.2, 0.25) is 0 Å². The first-order chi connectivity index (χ1) is 19.1. The van der Waals surface area contributed by atoms with Crippen molar-refractivity contribution in [3.63, 3.8) is 0 Å². The van der Waals surface area contributed by atoms with Crippen LogP contribution < -0.4 is 9.47 Å². The third-order valence-corrected chi connectivity index (χ3v) is 6.77. The zero-order chi connectivity index (χ0) is 27.7. The van der Waals surface area contributed by atoms with Gasteiger partial charge in [-0.15, -0.1) is 0 Å². The van der Waals surface area contributed by atoms with E-state index in [-0.39, 0.29) is 5.56 Å². The van der Waals surface area contributed by atoms with E-state index in [4.69, 9.17) is 9.47 Å². The number of carbonyl (C=O) groups excluding carboxylic acids is 1. The minimum absolute atomic E-state index is 0.129. The SMILES string of the molecule is CCCCCCCCCOc1ccc(C(=O)Oc2ccc(-c3ncc(CCCCCCC)cn3)cc2)c(F)c1. The van der Waals surface area contributed by atoms with Crippen LogP contribution in [-0.2, 0) is 6.42 Å². The second-order valence-corrected chi connectivity index (χ2v) is 10.1. The number of halogens is 1. The molecule has 0 fully saturated rings. The molecular weight excluding hydrogens is 491 g/mol.